The predicted octanol–water partition coefficient (Wildman–Crippen LogP) is 2.53. The fourth-order valence-electron chi connectivity index (χ4n) is 4.31. The Bertz CT molecular complexity index is 312. The fourth-order valence-corrected chi connectivity index (χ4v) is 4.31. The normalized spacial score (nSPS) is 31.8. The second kappa shape index (κ2) is 6.33. The average Bonchev–Trinajstić information content (AvgIpc) is 2.97. The van der Waals surface area contributed by atoms with E-state index in [0.717, 1.165) is 24.9 Å². The lowest BCUT2D eigenvalue weighted by Crippen LogP contribution is -2.49. The Morgan fingerprint density at radius 2 is 1.85 bits per heavy atom. The first-order valence-corrected chi connectivity index (χ1v) is 8.83. The van der Waals surface area contributed by atoms with Gasteiger partial charge in [-0.2, -0.15) is 0 Å². The highest BCUT2D eigenvalue weighted by atomic mass is 16.3. The van der Waals surface area contributed by atoms with Gasteiger partial charge in [0, 0.05) is 24.2 Å². The highest BCUT2D eigenvalue weighted by molar-refractivity contribution is 4.94. The summed E-state index contributed by atoms with van der Waals surface area (Å²) >= 11 is 0. The van der Waals surface area contributed by atoms with E-state index in [1.54, 1.807) is 0 Å². The van der Waals surface area contributed by atoms with Crippen LogP contribution in [0.5, 0.6) is 0 Å². The monoisotopic (exact) mass is 280 g/mol. The third kappa shape index (κ3) is 3.55. The third-order valence-electron chi connectivity index (χ3n) is 5.79. The first kappa shape index (κ1) is 14.8. The summed E-state index contributed by atoms with van der Waals surface area (Å²) in [7, 11) is 0. The Hall–Kier alpha value is -0.120. The van der Waals surface area contributed by atoms with Crippen molar-refractivity contribution in [2.45, 2.75) is 82.3 Å². The number of likely N-dealkylation sites (tertiary alicyclic amines) is 1. The van der Waals surface area contributed by atoms with Gasteiger partial charge in [-0.3, -0.25) is 0 Å². The Labute approximate surface area is 124 Å². The van der Waals surface area contributed by atoms with Crippen LogP contribution in [0.3, 0.4) is 0 Å². The van der Waals surface area contributed by atoms with Crippen molar-refractivity contribution >= 4 is 0 Å². The number of rotatable bonds is 7. The van der Waals surface area contributed by atoms with Gasteiger partial charge < -0.3 is 15.3 Å². The van der Waals surface area contributed by atoms with E-state index in [1.165, 1.54) is 57.9 Å². The number of hydrogen-bond acceptors (Lipinski definition) is 3. The maximum Gasteiger partial charge on any atom is 0.0611 e. The van der Waals surface area contributed by atoms with Gasteiger partial charge in [0.2, 0.25) is 0 Å². The minimum atomic E-state index is -0.0655. The topological polar surface area (TPSA) is 35.5 Å². The molecule has 0 radical (unpaired) electrons. The van der Waals surface area contributed by atoms with E-state index in [0.29, 0.717) is 6.04 Å². The minimum Gasteiger partial charge on any atom is -0.394 e. The summed E-state index contributed by atoms with van der Waals surface area (Å²) in [6.07, 6.45) is 12.3. The SMILES string of the molecule is CC(CO)(CCN1CCCC1C1CCCC1)NC1CC1. The van der Waals surface area contributed by atoms with Crippen LogP contribution in [-0.4, -0.2) is 47.3 Å². The van der Waals surface area contributed by atoms with Crippen molar-refractivity contribution in [2.75, 3.05) is 19.7 Å². The van der Waals surface area contributed by atoms with Gasteiger partial charge in [0.25, 0.3) is 0 Å². The molecule has 0 aromatic rings. The molecule has 0 bridgehead atoms. The Morgan fingerprint density at radius 3 is 2.50 bits per heavy atom. The molecule has 1 heterocycles. The number of nitrogens with zero attached hydrogens (tertiary/aromatic N) is 1. The standard InChI is InChI=1S/C17H32N2O/c1-17(13-20,18-15-8-9-15)10-12-19-11-4-7-16(19)14-5-2-3-6-14/h14-16,18,20H,2-13H2,1H3. The average molecular weight is 280 g/mol. The second-order valence-electron chi connectivity index (χ2n) is 7.68. The summed E-state index contributed by atoms with van der Waals surface area (Å²) < 4.78 is 0. The zero-order valence-corrected chi connectivity index (χ0v) is 13.1. The predicted molar refractivity (Wildman–Crippen MR) is 82.8 cm³/mol. The van der Waals surface area contributed by atoms with Gasteiger partial charge in [-0.15, -0.1) is 0 Å². The molecule has 116 valence electrons. The number of nitrogens with one attached hydrogen (secondary N) is 1. The van der Waals surface area contributed by atoms with Crippen molar-refractivity contribution in [1.29, 1.82) is 0 Å². The van der Waals surface area contributed by atoms with E-state index in [1.807, 2.05) is 0 Å². The first-order valence-electron chi connectivity index (χ1n) is 8.83. The van der Waals surface area contributed by atoms with Crippen LogP contribution >= 0.6 is 0 Å². The number of hydrogen-bond donors (Lipinski definition) is 2. The van der Waals surface area contributed by atoms with Gasteiger partial charge in [0.05, 0.1) is 6.61 Å². The smallest absolute Gasteiger partial charge is 0.0611 e. The maximum absolute atomic E-state index is 9.73. The molecule has 3 nitrogen and oxygen atoms in total. The van der Waals surface area contributed by atoms with Crippen LogP contribution in [0.2, 0.25) is 0 Å². The zero-order valence-electron chi connectivity index (χ0n) is 13.1. The molecule has 3 heteroatoms. The molecular formula is C17H32N2O. The van der Waals surface area contributed by atoms with E-state index < -0.39 is 0 Å². The molecule has 0 aromatic carbocycles. The fraction of sp³-hybridized carbons (Fsp3) is 1.00. The molecule has 2 atom stereocenters. The first-order chi connectivity index (χ1) is 9.70. The molecular weight excluding hydrogens is 248 g/mol. The Balaban J connectivity index is 1.50. The number of aliphatic hydroxyl groups is 1. The number of aliphatic hydroxyl groups excluding tert-OH is 1. The van der Waals surface area contributed by atoms with Gasteiger partial charge in [-0.25, -0.2) is 0 Å². The Kier molecular flexibility index (Phi) is 4.68. The maximum atomic E-state index is 9.73. The van der Waals surface area contributed by atoms with Crippen LogP contribution in [0.25, 0.3) is 0 Å². The van der Waals surface area contributed by atoms with Gasteiger partial charge >= 0.3 is 0 Å². The van der Waals surface area contributed by atoms with Gasteiger partial charge in [0.15, 0.2) is 0 Å². The van der Waals surface area contributed by atoms with Gasteiger partial charge in [-0.05, 0) is 64.3 Å². The summed E-state index contributed by atoms with van der Waals surface area (Å²) in [4.78, 5) is 2.73. The third-order valence-corrected chi connectivity index (χ3v) is 5.79. The molecule has 2 saturated carbocycles. The van der Waals surface area contributed by atoms with Crippen LogP contribution < -0.4 is 5.32 Å². The Morgan fingerprint density at radius 1 is 1.10 bits per heavy atom. The van der Waals surface area contributed by atoms with Crippen molar-refractivity contribution in [3.8, 4) is 0 Å². The molecule has 1 aliphatic heterocycles. The van der Waals surface area contributed by atoms with Crippen LogP contribution in [0, 0.1) is 5.92 Å². The quantitative estimate of drug-likeness (QED) is 0.752. The molecule has 3 fully saturated rings. The lowest BCUT2D eigenvalue weighted by molar-refractivity contribution is 0.127. The van der Waals surface area contributed by atoms with Crippen LogP contribution in [0.1, 0.15) is 64.7 Å². The van der Waals surface area contributed by atoms with Crippen molar-refractivity contribution in [2.24, 2.45) is 5.92 Å². The molecule has 1 saturated heterocycles. The molecule has 0 amide bonds. The lowest BCUT2D eigenvalue weighted by Gasteiger charge is -2.34. The molecule has 20 heavy (non-hydrogen) atoms. The van der Waals surface area contributed by atoms with Crippen LogP contribution in [-0.2, 0) is 0 Å². The second-order valence-corrected chi connectivity index (χ2v) is 7.68. The van der Waals surface area contributed by atoms with Gasteiger partial charge in [0.1, 0.15) is 0 Å². The molecule has 0 spiro atoms. The largest absolute Gasteiger partial charge is 0.394 e. The van der Waals surface area contributed by atoms with E-state index in [-0.39, 0.29) is 12.1 Å². The highest BCUT2D eigenvalue weighted by Gasteiger charge is 2.36. The summed E-state index contributed by atoms with van der Waals surface area (Å²) in [5, 5.41) is 13.4. The summed E-state index contributed by atoms with van der Waals surface area (Å²) in [6, 6.07) is 1.53. The highest BCUT2D eigenvalue weighted by Crippen LogP contribution is 2.35. The van der Waals surface area contributed by atoms with Crippen molar-refractivity contribution in [3.63, 3.8) is 0 Å². The molecule has 3 aliphatic rings. The van der Waals surface area contributed by atoms with E-state index in [4.69, 9.17) is 0 Å². The summed E-state index contributed by atoms with van der Waals surface area (Å²) in [5.41, 5.74) is -0.0655. The minimum absolute atomic E-state index is 0.0655. The molecule has 3 rings (SSSR count). The van der Waals surface area contributed by atoms with Gasteiger partial charge in [-0.1, -0.05) is 12.8 Å². The molecule has 2 aliphatic carbocycles. The summed E-state index contributed by atoms with van der Waals surface area (Å²) in [6.45, 7) is 4.92. The molecule has 0 aromatic heterocycles. The van der Waals surface area contributed by atoms with Crippen molar-refractivity contribution in [1.82, 2.24) is 10.2 Å². The van der Waals surface area contributed by atoms with E-state index >= 15 is 0 Å². The van der Waals surface area contributed by atoms with Crippen LogP contribution in [0.4, 0.5) is 0 Å². The lowest BCUT2D eigenvalue weighted by atomic mass is 9.94. The van der Waals surface area contributed by atoms with E-state index in [2.05, 4.69) is 17.1 Å². The molecule has 2 N–H and O–H groups in total. The van der Waals surface area contributed by atoms with Crippen LogP contribution in [0.15, 0.2) is 0 Å². The van der Waals surface area contributed by atoms with E-state index in [9.17, 15) is 5.11 Å². The summed E-state index contributed by atoms with van der Waals surface area (Å²) in [5.74, 6) is 0.967. The molecule has 2 unspecified atom stereocenters. The van der Waals surface area contributed by atoms with Crippen molar-refractivity contribution in [3.05, 3.63) is 0 Å². The zero-order chi connectivity index (χ0) is 14.0. The van der Waals surface area contributed by atoms with Crippen molar-refractivity contribution < 1.29 is 5.11 Å².